The van der Waals surface area contributed by atoms with Crippen LogP contribution in [0.2, 0.25) is 0 Å². The molecule has 1 aromatic rings. The molecule has 1 saturated heterocycles. The maximum atomic E-state index is 11.0. The maximum Gasteiger partial charge on any atom is 0.269 e. The number of hydrogen-bond donors (Lipinski definition) is 1. The van der Waals surface area contributed by atoms with Crippen molar-refractivity contribution in [2.75, 3.05) is 11.9 Å². The summed E-state index contributed by atoms with van der Waals surface area (Å²) < 4.78 is 0. The van der Waals surface area contributed by atoms with Crippen molar-refractivity contribution >= 4 is 11.4 Å². The molecule has 0 spiro atoms. The molecule has 0 aliphatic carbocycles. The molecule has 1 heterocycles. The molecule has 2 rings (SSSR count). The van der Waals surface area contributed by atoms with Crippen LogP contribution in [0.15, 0.2) is 18.2 Å². The number of piperidine rings is 1. The molecule has 0 aromatic heterocycles. The van der Waals surface area contributed by atoms with Crippen molar-refractivity contribution in [3.63, 3.8) is 0 Å². The zero-order valence-electron chi connectivity index (χ0n) is 13.1. The van der Waals surface area contributed by atoms with E-state index in [2.05, 4.69) is 24.1 Å². The van der Waals surface area contributed by atoms with Crippen LogP contribution in [-0.4, -0.2) is 28.5 Å². The summed E-state index contributed by atoms with van der Waals surface area (Å²) in [6, 6.07) is 6.18. The lowest BCUT2D eigenvalue weighted by Crippen LogP contribution is -2.43. The number of nitrogens with zero attached hydrogens (tertiary/aromatic N) is 2. The number of nitro groups is 1. The lowest BCUT2D eigenvalue weighted by molar-refractivity contribution is -0.384. The van der Waals surface area contributed by atoms with Gasteiger partial charge in [-0.1, -0.05) is 6.42 Å². The molecule has 21 heavy (non-hydrogen) atoms. The van der Waals surface area contributed by atoms with Gasteiger partial charge in [-0.25, -0.2) is 0 Å². The average Bonchev–Trinajstić information content (AvgIpc) is 2.44. The molecule has 1 N–H and O–H groups in total. The topological polar surface area (TPSA) is 58.4 Å². The van der Waals surface area contributed by atoms with Gasteiger partial charge in [0.15, 0.2) is 0 Å². The number of hydrogen-bond acceptors (Lipinski definition) is 4. The molecule has 0 bridgehead atoms. The van der Waals surface area contributed by atoms with Gasteiger partial charge >= 0.3 is 0 Å². The highest BCUT2D eigenvalue weighted by Crippen LogP contribution is 2.29. The molecule has 5 heteroatoms. The van der Waals surface area contributed by atoms with Crippen molar-refractivity contribution in [2.24, 2.45) is 0 Å². The highest BCUT2D eigenvalue weighted by molar-refractivity contribution is 5.56. The quantitative estimate of drug-likeness (QED) is 0.662. The van der Waals surface area contributed by atoms with Crippen molar-refractivity contribution < 1.29 is 4.92 Å². The van der Waals surface area contributed by atoms with Gasteiger partial charge in [-0.2, -0.15) is 0 Å². The van der Waals surface area contributed by atoms with Gasteiger partial charge in [0.1, 0.15) is 0 Å². The molecular weight excluding hydrogens is 266 g/mol. The Morgan fingerprint density at radius 1 is 1.33 bits per heavy atom. The monoisotopic (exact) mass is 291 g/mol. The van der Waals surface area contributed by atoms with Crippen molar-refractivity contribution in [1.82, 2.24) is 4.90 Å². The smallest absolute Gasteiger partial charge is 0.269 e. The highest BCUT2D eigenvalue weighted by atomic mass is 16.6. The number of anilines is 1. The molecule has 1 aliphatic heterocycles. The second-order valence-corrected chi connectivity index (χ2v) is 5.93. The van der Waals surface area contributed by atoms with Crippen LogP contribution in [0.25, 0.3) is 0 Å². The first-order valence-corrected chi connectivity index (χ1v) is 7.79. The van der Waals surface area contributed by atoms with Gasteiger partial charge in [-0.3, -0.25) is 15.0 Å². The molecule has 1 aliphatic rings. The summed E-state index contributed by atoms with van der Waals surface area (Å²) in [6.07, 6.45) is 3.68. The zero-order valence-corrected chi connectivity index (χ0v) is 13.1. The van der Waals surface area contributed by atoms with Gasteiger partial charge in [0.25, 0.3) is 5.69 Å². The number of likely N-dealkylation sites (tertiary alicyclic amines) is 1. The normalized spacial score (nSPS) is 23.0. The molecule has 2 atom stereocenters. The van der Waals surface area contributed by atoms with E-state index in [-0.39, 0.29) is 10.6 Å². The van der Waals surface area contributed by atoms with E-state index in [9.17, 15) is 10.1 Å². The molecule has 1 aromatic carbocycles. The van der Waals surface area contributed by atoms with E-state index in [1.807, 2.05) is 13.0 Å². The summed E-state index contributed by atoms with van der Waals surface area (Å²) in [4.78, 5) is 13.2. The lowest BCUT2D eigenvalue weighted by Gasteiger charge is -2.39. The fraction of sp³-hybridized carbons (Fsp3) is 0.625. The Labute approximate surface area is 126 Å². The summed E-state index contributed by atoms with van der Waals surface area (Å²) >= 11 is 0. The predicted molar refractivity (Wildman–Crippen MR) is 85.6 cm³/mol. The molecule has 0 saturated carbocycles. The van der Waals surface area contributed by atoms with Crippen LogP contribution in [0.1, 0.15) is 45.6 Å². The number of rotatable bonds is 5. The van der Waals surface area contributed by atoms with Crippen LogP contribution in [-0.2, 0) is 6.54 Å². The van der Waals surface area contributed by atoms with Crippen LogP contribution in [0.4, 0.5) is 11.4 Å². The Balaban J connectivity index is 2.27. The van der Waals surface area contributed by atoms with E-state index < -0.39 is 0 Å². The molecule has 5 nitrogen and oxygen atoms in total. The summed E-state index contributed by atoms with van der Waals surface area (Å²) in [5, 5.41) is 14.3. The van der Waals surface area contributed by atoms with Crippen LogP contribution in [0, 0.1) is 10.1 Å². The van der Waals surface area contributed by atoms with E-state index in [1.54, 1.807) is 12.1 Å². The fourth-order valence-corrected chi connectivity index (χ4v) is 3.17. The SMILES string of the molecule is CCNc1ccc([N+](=O)[O-])cc1CN1C(C)CCCC1C. The zero-order chi connectivity index (χ0) is 15.4. The first kappa shape index (κ1) is 15.8. The Hall–Kier alpha value is -1.62. The van der Waals surface area contributed by atoms with Crippen molar-refractivity contribution in [2.45, 2.75) is 58.7 Å². The minimum absolute atomic E-state index is 0.170. The maximum absolute atomic E-state index is 11.0. The molecule has 0 amide bonds. The summed E-state index contributed by atoms with van der Waals surface area (Å²) in [5.41, 5.74) is 2.20. The number of non-ortho nitro benzene ring substituents is 1. The molecular formula is C16H25N3O2. The van der Waals surface area contributed by atoms with Crippen LogP contribution in [0.5, 0.6) is 0 Å². The lowest BCUT2D eigenvalue weighted by atomic mass is 9.96. The Morgan fingerprint density at radius 3 is 2.57 bits per heavy atom. The van der Waals surface area contributed by atoms with E-state index in [0.717, 1.165) is 24.3 Å². The number of nitrogens with one attached hydrogen (secondary N) is 1. The van der Waals surface area contributed by atoms with Gasteiger partial charge in [0.2, 0.25) is 0 Å². The van der Waals surface area contributed by atoms with Gasteiger partial charge in [-0.05, 0) is 45.2 Å². The molecule has 2 unspecified atom stereocenters. The first-order chi connectivity index (χ1) is 10.0. The molecule has 1 fully saturated rings. The van der Waals surface area contributed by atoms with Crippen LogP contribution >= 0.6 is 0 Å². The summed E-state index contributed by atoms with van der Waals surface area (Å²) in [5.74, 6) is 0. The Kier molecular flexibility index (Phi) is 5.17. The second kappa shape index (κ2) is 6.89. The van der Waals surface area contributed by atoms with E-state index in [0.29, 0.717) is 12.1 Å². The van der Waals surface area contributed by atoms with E-state index in [4.69, 9.17) is 0 Å². The molecule has 0 radical (unpaired) electrons. The average molecular weight is 291 g/mol. The standard InChI is InChI=1S/C16H25N3O2/c1-4-17-16-9-8-15(19(20)21)10-14(16)11-18-12(2)6-5-7-13(18)3/h8-10,12-13,17H,4-7,11H2,1-3H3. The van der Waals surface area contributed by atoms with Gasteiger partial charge in [0, 0.05) is 43.0 Å². The van der Waals surface area contributed by atoms with Gasteiger partial charge < -0.3 is 5.32 Å². The fourth-order valence-electron chi connectivity index (χ4n) is 3.17. The summed E-state index contributed by atoms with van der Waals surface area (Å²) in [6.45, 7) is 8.12. The highest BCUT2D eigenvalue weighted by Gasteiger charge is 2.25. The van der Waals surface area contributed by atoms with E-state index >= 15 is 0 Å². The Morgan fingerprint density at radius 2 is 2.00 bits per heavy atom. The minimum atomic E-state index is -0.317. The first-order valence-electron chi connectivity index (χ1n) is 7.79. The largest absolute Gasteiger partial charge is 0.385 e. The van der Waals surface area contributed by atoms with Crippen molar-refractivity contribution in [3.05, 3.63) is 33.9 Å². The van der Waals surface area contributed by atoms with Gasteiger partial charge in [-0.15, -0.1) is 0 Å². The minimum Gasteiger partial charge on any atom is -0.385 e. The van der Waals surface area contributed by atoms with Crippen molar-refractivity contribution in [1.29, 1.82) is 0 Å². The molecule has 116 valence electrons. The third-order valence-electron chi connectivity index (χ3n) is 4.40. The number of nitro benzene ring substituents is 1. The second-order valence-electron chi connectivity index (χ2n) is 5.93. The predicted octanol–water partition coefficient (Wildman–Crippen LogP) is 3.79. The Bertz CT molecular complexity index is 494. The van der Waals surface area contributed by atoms with Crippen LogP contribution < -0.4 is 5.32 Å². The third kappa shape index (κ3) is 3.73. The van der Waals surface area contributed by atoms with E-state index in [1.165, 1.54) is 19.3 Å². The van der Waals surface area contributed by atoms with Gasteiger partial charge in [0.05, 0.1) is 4.92 Å². The van der Waals surface area contributed by atoms with Crippen LogP contribution in [0.3, 0.4) is 0 Å². The van der Waals surface area contributed by atoms with Crippen molar-refractivity contribution in [3.8, 4) is 0 Å². The number of benzene rings is 1. The summed E-state index contributed by atoms with van der Waals surface area (Å²) in [7, 11) is 0. The third-order valence-corrected chi connectivity index (χ3v) is 4.40.